The van der Waals surface area contributed by atoms with Crippen LogP contribution in [-0.4, -0.2) is 60.6 Å². The molecule has 2 heterocycles. The topological polar surface area (TPSA) is 86.9 Å². The van der Waals surface area contributed by atoms with Crippen molar-refractivity contribution in [2.24, 2.45) is 0 Å². The van der Waals surface area contributed by atoms with Crippen LogP contribution in [0.3, 0.4) is 0 Å². The second-order valence-corrected chi connectivity index (χ2v) is 7.30. The van der Waals surface area contributed by atoms with E-state index in [-0.39, 0.29) is 0 Å². The molecular formula is C11H20F3N5O2S. The summed E-state index contributed by atoms with van der Waals surface area (Å²) in [6, 6.07) is 0. The van der Waals surface area contributed by atoms with Gasteiger partial charge in [-0.3, -0.25) is 10.3 Å². The number of likely N-dealkylation sites (tertiary alicyclic amines) is 1. The first-order valence-electron chi connectivity index (χ1n) is 6.96. The second kappa shape index (κ2) is 7.36. The van der Waals surface area contributed by atoms with Crippen molar-refractivity contribution in [3.05, 3.63) is 0 Å². The highest BCUT2D eigenvalue weighted by molar-refractivity contribution is 7.92. The third-order valence-electron chi connectivity index (χ3n) is 3.54. The fourth-order valence-electron chi connectivity index (χ4n) is 2.21. The summed E-state index contributed by atoms with van der Waals surface area (Å²) in [5, 5.41) is 8.94. The Labute approximate surface area is 127 Å². The van der Waals surface area contributed by atoms with Crippen molar-refractivity contribution < 1.29 is 26.1 Å². The standard InChI is InChI=1S/C9H20N.C2F3N4O2S/c1-3-4-7-10(2)8-5-6-9-10;3-2(4,5)12(10,11)1-6-8-9-7-1/h3-9H2,1-2H3;/q+1;-1. The van der Waals surface area contributed by atoms with E-state index in [0.29, 0.717) is 0 Å². The van der Waals surface area contributed by atoms with Gasteiger partial charge in [-0.2, -0.15) is 18.4 Å². The Balaban J connectivity index is 0.000000224. The van der Waals surface area contributed by atoms with E-state index in [9.17, 15) is 21.6 Å². The summed E-state index contributed by atoms with van der Waals surface area (Å²) in [7, 11) is -3.07. The van der Waals surface area contributed by atoms with Crippen LogP contribution in [0.25, 0.3) is 0 Å². The minimum atomic E-state index is -5.48. The summed E-state index contributed by atoms with van der Waals surface area (Å²) in [6.07, 6.45) is 5.69. The van der Waals surface area contributed by atoms with E-state index in [4.69, 9.17) is 0 Å². The molecule has 11 heteroatoms. The van der Waals surface area contributed by atoms with Gasteiger partial charge in [-0.15, -0.1) is 0 Å². The Morgan fingerprint density at radius 3 is 2.27 bits per heavy atom. The number of nitrogens with zero attached hydrogens (tertiary/aromatic N) is 5. The first kappa shape index (κ1) is 18.8. The first-order chi connectivity index (χ1) is 10.1. The monoisotopic (exact) mass is 343 g/mol. The highest BCUT2D eigenvalue weighted by atomic mass is 32.2. The van der Waals surface area contributed by atoms with E-state index in [1.807, 2.05) is 0 Å². The van der Waals surface area contributed by atoms with E-state index < -0.39 is 20.5 Å². The molecule has 22 heavy (non-hydrogen) atoms. The quantitative estimate of drug-likeness (QED) is 0.762. The SMILES string of the molecule is CCCC[N+]1(C)CCCC1.O=S(=O)(c1nnn[n-]1)C(F)(F)F. The van der Waals surface area contributed by atoms with Gasteiger partial charge in [0.25, 0.3) is 9.84 Å². The summed E-state index contributed by atoms with van der Waals surface area (Å²) in [5.41, 5.74) is -5.41. The maximum atomic E-state index is 11.7. The van der Waals surface area contributed by atoms with Gasteiger partial charge in [0.05, 0.1) is 26.7 Å². The second-order valence-electron chi connectivity index (χ2n) is 5.46. The van der Waals surface area contributed by atoms with E-state index in [1.54, 1.807) is 0 Å². The molecule has 1 aromatic heterocycles. The van der Waals surface area contributed by atoms with Crippen molar-refractivity contribution in [1.29, 1.82) is 0 Å². The Morgan fingerprint density at radius 2 is 1.86 bits per heavy atom. The lowest BCUT2D eigenvalue weighted by molar-refractivity contribution is -0.897. The number of tetrazole rings is 1. The van der Waals surface area contributed by atoms with Crippen LogP contribution in [0.5, 0.6) is 0 Å². The van der Waals surface area contributed by atoms with Gasteiger partial charge in [0, 0.05) is 12.8 Å². The zero-order valence-electron chi connectivity index (χ0n) is 12.5. The molecule has 1 aliphatic rings. The first-order valence-corrected chi connectivity index (χ1v) is 8.44. The molecule has 0 aliphatic carbocycles. The molecule has 0 aromatic carbocycles. The van der Waals surface area contributed by atoms with Gasteiger partial charge in [0.1, 0.15) is 5.16 Å². The molecule has 1 aromatic rings. The summed E-state index contributed by atoms with van der Waals surface area (Å²) in [6.45, 7) is 6.55. The van der Waals surface area contributed by atoms with E-state index in [2.05, 4.69) is 34.6 Å². The van der Waals surface area contributed by atoms with Crippen molar-refractivity contribution in [1.82, 2.24) is 20.6 Å². The minimum absolute atomic E-state index is 1.36. The van der Waals surface area contributed by atoms with Crippen molar-refractivity contribution in [3.8, 4) is 0 Å². The molecule has 1 fully saturated rings. The molecule has 0 bridgehead atoms. The van der Waals surface area contributed by atoms with Crippen molar-refractivity contribution in [3.63, 3.8) is 0 Å². The summed E-state index contributed by atoms with van der Waals surface area (Å²) in [5.74, 6) is 0. The maximum absolute atomic E-state index is 11.7. The van der Waals surface area contributed by atoms with Crippen LogP contribution in [0.4, 0.5) is 13.2 Å². The number of rotatable bonds is 4. The average Bonchev–Trinajstić information content (AvgIpc) is 3.07. The highest BCUT2D eigenvalue weighted by Crippen LogP contribution is 2.26. The fraction of sp³-hybridized carbons (Fsp3) is 0.909. The van der Waals surface area contributed by atoms with E-state index in [1.165, 1.54) is 49.8 Å². The normalized spacial score (nSPS) is 17.9. The van der Waals surface area contributed by atoms with Gasteiger partial charge in [-0.05, 0) is 6.42 Å². The molecule has 7 nitrogen and oxygen atoms in total. The molecule has 128 valence electrons. The van der Waals surface area contributed by atoms with E-state index in [0.717, 1.165) is 0 Å². The van der Waals surface area contributed by atoms with Crippen LogP contribution < -0.4 is 5.10 Å². The van der Waals surface area contributed by atoms with Crippen LogP contribution >= 0.6 is 0 Å². The largest absolute Gasteiger partial charge is 0.502 e. The number of alkyl halides is 3. The Morgan fingerprint density at radius 1 is 1.27 bits per heavy atom. The number of hydrogen-bond donors (Lipinski definition) is 0. The van der Waals surface area contributed by atoms with Crippen LogP contribution in [0, 0.1) is 0 Å². The number of aromatic nitrogens is 4. The lowest BCUT2D eigenvalue weighted by Crippen LogP contribution is -2.41. The summed E-state index contributed by atoms with van der Waals surface area (Å²) >= 11 is 0. The number of unbranched alkanes of at least 4 members (excludes halogenated alkanes) is 1. The lowest BCUT2D eigenvalue weighted by atomic mass is 10.3. The van der Waals surface area contributed by atoms with Gasteiger partial charge in [-0.1, -0.05) is 13.3 Å². The molecule has 1 saturated heterocycles. The molecule has 2 rings (SSSR count). The third kappa shape index (κ3) is 4.90. The molecule has 0 N–H and O–H groups in total. The van der Waals surface area contributed by atoms with Gasteiger partial charge in [0.2, 0.25) is 0 Å². The van der Waals surface area contributed by atoms with Crippen LogP contribution in [0.15, 0.2) is 5.16 Å². The highest BCUT2D eigenvalue weighted by Gasteiger charge is 2.46. The molecule has 0 atom stereocenters. The minimum Gasteiger partial charge on any atom is -0.326 e. The molecule has 0 amide bonds. The van der Waals surface area contributed by atoms with E-state index >= 15 is 0 Å². The smallest absolute Gasteiger partial charge is 0.326 e. The van der Waals surface area contributed by atoms with Gasteiger partial charge in [0.15, 0.2) is 0 Å². The molecule has 1 aliphatic heterocycles. The summed E-state index contributed by atoms with van der Waals surface area (Å²) < 4.78 is 57.1. The van der Waals surface area contributed by atoms with Crippen LogP contribution in [0.1, 0.15) is 32.6 Å². The molecule has 0 radical (unpaired) electrons. The number of hydrogen-bond acceptors (Lipinski definition) is 5. The van der Waals surface area contributed by atoms with Crippen molar-refractivity contribution >= 4 is 9.84 Å². The zero-order chi connectivity index (χ0) is 16.9. The summed E-state index contributed by atoms with van der Waals surface area (Å²) in [4.78, 5) is 0. The third-order valence-corrected chi connectivity index (χ3v) is 4.80. The molecule has 0 spiro atoms. The number of quaternary nitrogens is 1. The van der Waals surface area contributed by atoms with Gasteiger partial charge >= 0.3 is 5.51 Å². The van der Waals surface area contributed by atoms with Crippen LogP contribution in [0.2, 0.25) is 0 Å². The van der Waals surface area contributed by atoms with Crippen LogP contribution in [-0.2, 0) is 9.84 Å². The fourth-order valence-corrected chi connectivity index (χ4v) is 2.70. The van der Waals surface area contributed by atoms with Crippen molar-refractivity contribution in [2.75, 3.05) is 26.7 Å². The van der Waals surface area contributed by atoms with Crippen molar-refractivity contribution in [2.45, 2.75) is 43.3 Å². The predicted molar refractivity (Wildman–Crippen MR) is 71.3 cm³/mol. The zero-order valence-corrected chi connectivity index (χ0v) is 13.4. The molecule has 0 unspecified atom stereocenters. The number of sulfone groups is 1. The average molecular weight is 343 g/mol. The van der Waals surface area contributed by atoms with Gasteiger partial charge < -0.3 is 9.58 Å². The predicted octanol–water partition coefficient (Wildman–Crippen LogP) is 1.15. The van der Waals surface area contributed by atoms with Gasteiger partial charge in [-0.25, -0.2) is 8.42 Å². The Kier molecular flexibility index (Phi) is 6.29. The molecule has 0 saturated carbocycles. The molecular weight excluding hydrogens is 323 g/mol. The number of halogens is 3. The Hall–Kier alpha value is -1.23. The lowest BCUT2D eigenvalue weighted by Gasteiger charge is -2.28. The maximum Gasteiger partial charge on any atom is 0.502 e. The Bertz CT molecular complexity index is 539.